The van der Waals surface area contributed by atoms with Crippen molar-refractivity contribution in [2.75, 3.05) is 52.7 Å². The van der Waals surface area contributed by atoms with E-state index in [0.717, 1.165) is 18.7 Å². The van der Waals surface area contributed by atoms with E-state index >= 15 is 0 Å². The number of aliphatic hydroxyl groups is 2. The van der Waals surface area contributed by atoms with Gasteiger partial charge in [0, 0.05) is 31.4 Å². The third-order valence-corrected chi connectivity index (χ3v) is 5.42. The van der Waals surface area contributed by atoms with Gasteiger partial charge in [-0.1, -0.05) is 0 Å². The van der Waals surface area contributed by atoms with Crippen molar-refractivity contribution in [1.82, 2.24) is 14.7 Å². The average molecular weight is 378 g/mol. The number of nitrogens with one attached hydrogen (secondary N) is 1. The fourth-order valence-corrected chi connectivity index (χ4v) is 3.84. The number of methoxy groups -OCH3 is 1. The Bertz CT molecular complexity index is 629. The summed E-state index contributed by atoms with van der Waals surface area (Å²) in [5, 5.41) is 24.0. The molecule has 8 nitrogen and oxygen atoms in total. The van der Waals surface area contributed by atoms with Gasteiger partial charge in [0.05, 0.1) is 31.9 Å². The number of urea groups is 1. The second-order valence-electron chi connectivity index (χ2n) is 7.63. The van der Waals surface area contributed by atoms with Gasteiger partial charge in [0.2, 0.25) is 0 Å². The minimum Gasteiger partial charge on any atom is -0.497 e. The molecule has 27 heavy (non-hydrogen) atoms. The standard InChI is InChI=1S/C19H30N4O4/c1-21(2)11-16-18(25)17(24)12-22(10-14-8-9-23(14)16)19(26)20-13-4-6-15(27-3)7-5-13/h4-7,14,16-18,24-25H,8-12H2,1-3H3,(H,20,26). The van der Waals surface area contributed by atoms with Crippen molar-refractivity contribution in [3.63, 3.8) is 0 Å². The maximum Gasteiger partial charge on any atom is 0.321 e. The van der Waals surface area contributed by atoms with Crippen LogP contribution in [0.15, 0.2) is 24.3 Å². The lowest BCUT2D eigenvalue weighted by Crippen LogP contribution is -2.68. The van der Waals surface area contributed by atoms with Crippen molar-refractivity contribution in [3.05, 3.63) is 24.3 Å². The summed E-state index contributed by atoms with van der Waals surface area (Å²) in [6.07, 6.45) is -0.899. The Balaban J connectivity index is 1.69. The minimum absolute atomic E-state index is 0.109. The average Bonchev–Trinajstić information content (AvgIpc) is 2.62. The van der Waals surface area contributed by atoms with Gasteiger partial charge in [-0.25, -0.2) is 4.79 Å². The number of amides is 2. The summed E-state index contributed by atoms with van der Waals surface area (Å²) >= 11 is 0. The molecule has 150 valence electrons. The van der Waals surface area contributed by atoms with Gasteiger partial charge in [0.25, 0.3) is 0 Å². The molecule has 0 spiro atoms. The number of aliphatic hydroxyl groups excluding tert-OH is 2. The number of benzene rings is 1. The number of hydrogen-bond donors (Lipinski definition) is 3. The normalized spacial score (nSPS) is 28.7. The lowest BCUT2D eigenvalue weighted by atomic mass is 9.91. The molecule has 8 heteroatoms. The first-order valence-corrected chi connectivity index (χ1v) is 9.35. The molecule has 0 bridgehead atoms. The fourth-order valence-electron chi connectivity index (χ4n) is 3.84. The maximum atomic E-state index is 12.7. The molecule has 2 aliphatic rings. The number of carbonyl (C=O) groups is 1. The summed E-state index contributed by atoms with van der Waals surface area (Å²) in [5.74, 6) is 0.717. The van der Waals surface area contributed by atoms with Crippen LogP contribution in [0.2, 0.25) is 0 Å². The third-order valence-electron chi connectivity index (χ3n) is 5.42. The van der Waals surface area contributed by atoms with Gasteiger partial charge in [-0.3, -0.25) is 4.90 Å². The highest BCUT2D eigenvalue weighted by atomic mass is 16.5. The lowest BCUT2D eigenvalue weighted by molar-refractivity contribution is -0.106. The van der Waals surface area contributed by atoms with Crippen molar-refractivity contribution in [2.24, 2.45) is 0 Å². The molecular formula is C19H30N4O4. The van der Waals surface area contributed by atoms with Crippen LogP contribution in [-0.2, 0) is 0 Å². The van der Waals surface area contributed by atoms with E-state index in [4.69, 9.17) is 4.74 Å². The SMILES string of the molecule is COc1ccc(NC(=O)N2CC(O)C(O)C(CN(C)C)N3CCC3C2)cc1. The summed E-state index contributed by atoms with van der Waals surface area (Å²) in [6, 6.07) is 6.91. The Morgan fingerprint density at radius 2 is 1.96 bits per heavy atom. The molecule has 2 aliphatic heterocycles. The smallest absolute Gasteiger partial charge is 0.321 e. The molecule has 2 amide bonds. The minimum atomic E-state index is -0.988. The van der Waals surface area contributed by atoms with Gasteiger partial charge in [0.1, 0.15) is 5.75 Å². The highest BCUT2D eigenvalue weighted by Gasteiger charge is 2.43. The molecule has 2 saturated heterocycles. The van der Waals surface area contributed by atoms with Crippen molar-refractivity contribution in [1.29, 1.82) is 0 Å². The zero-order valence-corrected chi connectivity index (χ0v) is 16.2. The van der Waals surface area contributed by atoms with Crippen LogP contribution in [0, 0.1) is 0 Å². The molecule has 3 N–H and O–H groups in total. The lowest BCUT2D eigenvalue weighted by Gasteiger charge is -2.52. The number of carbonyl (C=O) groups excluding carboxylic acids is 1. The largest absolute Gasteiger partial charge is 0.497 e. The molecule has 2 heterocycles. The molecule has 0 aliphatic carbocycles. The van der Waals surface area contributed by atoms with E-state index in [1.54, 1.807) is 36.3 Å². The van der Waals surface area contributed by atoms with Gasteiger partial charge in [-0.15, -0.1) is 0 Å². The Labute approximate surface area is 160 Å². The van der Waals surface area contributed by atoms with E-state index in [0.29, 0.717) is 18.8 Å². The first-order chi connectivity index (χ1) is 12.9. The van der Waals surface area contributed by atoms with E-state index in [9.17, 15) is 15.0 Å². The number of anilines is 1. The molecule has 1 aromatic carbocycles. The van der Waals surface area contributed by atoms with Crippen molar-refractivity contribution >= 4 is 11.7 Å². The summed E-state index contributed by atoms with van der Waals surface area (Å²) in [4.78, 5) is 18.6. The molecule has 2 fully saturated rings. The number of likely N-dealkylation sites (N-methyl/N-ethyl adjacent to an activating group) is 1. The van der Waals surface area contributed by atoms with E-state index in [-0.39, 0.29) is 24.7 Å². The fraction of sp³-hybridized carbons (Fsp3) is 0.632. The molecule has 4 atom stereocenters. The summed E-state index contributed by atoms with van der Waals surface area (Å²) in [6.45, 7) is 2.20. The quantitative estimate of drug-likeness (QED) is 0.697. The number of rotatable bonds is 4. The zero-order chi connectivity index (χ0) is 19.6. The molecule has 3 rings (SSSR count). The first kappa shape index (κ1) is 19.9. The Morgan fingerprint density at radius 3 is 2.52 bits per heavy atom. The Morgan fingerprint density at radius 1 is 1.26 bits per heavy atom. The first-order valence-electron chi connectivity index (χ1n) is 9.35. The third kappa shape index (κ3) is 4.52. The monoisotopic (exact) mass is 378 g/mol. The number of ether oxygens (including phenoxy) is 1. The van der Waals surface area contributed by atoms with Gasteiger partial charge in [-0.05, 0) is 44.8 Å². The van der Waals surface area contributed by atoms with E-state index in [2.05, 4.69) is 10.2 Å². The van der Waals surface area contributed by atoms with Gasteiger partial charge in [0.15, 0.2) is 0 Å². The predicted octanol–water partition coefficient (Wildman–Crippen LogP) is 0.269. The second kappa shape index (κ2) is 8.43. The highest BCUT2D eigenvalue weighted by Crippen LogP contribution is 2.27. The van der Waals surface area contributed by atoms with Crippen molar-refractivity contribution < 1.29 is 19.7 Å². The van der Waals surface area contributed by atoms with E-state index in [1.165, 1.54) is 0 Å². The Hall–Kier alpha value is -1.87. The van der Waals surface area contributed by atoms with Crippen LogP contribution < -0.4 is 10.1 Å². The van der Waals surface area contributed by atoms with Crippen LogP contribution in [-0.4, -0.2) is 103 Å². The summed E-state index contributed by atoms with van der Waals surface area (Å²) < 4.78 is 5.12. The predicted molar refractivity (Wildman–Crippen MR) is 103 cm³/mol. The Kier molecular flexibility index (Phi) is 6.21. The highest BCUT2D eigenvalue weighted by molar-refractivity contribution is 5.89. The second-order valence-corrected chi connectivity index (χ2v) is 7.63. The van der Waals surface area contributed by atoms with Gasteiger partial charge < -0.3 is 30.1 Å². The topological polar surface area (TPSA) is 88.5 Å². The van der Waals surface area contributed by atoms with Crippen molar-refractivity contribution in [3.8, 4) is 5.75 Å². The summed E-state index contributed by atoms with van der Waals surface area (Å²) in [5.41, 5.74) is 0.661. The van der Waals surface area contributed by atoms with Gasteiger partial charge >= 0.3 is 6.03 Å². The molecule has 0 saturated carbocycles. The van der Waals surface area contributed by atoms with Crippen LogP contribution in [0.4, 0.5) is 10.5 Å². The van der Waals surface area contributed by atoms with Crippen LogP contribution in [0.5, 0.6) is 5.75 Å². The number of fused-ring (bicyclic) bond motifs is 1. The molecule has 1 aromatic rings. The number of nitrogens with zero attached hydrogens (tertiary/aromatic N) is 3. The molecular weight excluding hydrogens is 348 g/mol. The van der Waals surface area contributed by atoms with E-state index in [1.807, 2.05) is 19.0 Å². The number of hydrogen-bond acceptors (Lipinski definition) is 6. The van der Waals surface area contributed by atoms with Crippen molar-refractivity contribution in [2.45, 2.75) is 30.7 Å². The van der Waals surface area contributed by atoms with Gasteiger partial charge in [-0.2, -0.15) is 0 Å². The van der Waals surface area contributed by atoms with Crippen LogP contribution in [0.25, 0.3) is 0 Å². The molecule has 4 unspecified atom stereocenters. The zero-order valence-electron chi connectivity index (χ0n) is 16.2. The van der Waals surface area contributed by atoms with Crippen LogP contribution >= 0.6 is 0 Å². The van der Waals surface area contributed by atoms with E-state index < -0.39 is 12.2 Å². The maximum absolute atomic E-state index is 12.7. The van der Waals surface area contributed by atoms with Crippen LogP contribution in [0.1, 0.15) is 6.42 Å². The summed E-state index contributed by atoms with van der Waals surface area (Å²) in [7, 11) is 5.51. The molecule has 0 radical (unpaired) electrons. The molecule has 0 aromatic heterocycles. The van der Waals surface area contributed by atoms with Crippen LogP contribution in [0.3, 0.4) is 0 Å². The number of β-amino-alcohol motifs (C(OH)–C–C–N with tert-alkyl or cyclic N) is 1.